The van der Waals surface area contributed by atoms with Crippen molar-refractivity contribution < 1.29 is 22.0 Å². The van der Waals surface area contributed by atoms with E-state index in [-0.39, 0.29) is 41.8 Å². The molecular weight excluding hydrogens is 435 g/mol. The summed E-state index contributed by atoms with van der Waals surface area (Å²) in [7, 11) is 0. The van der Waals surface area contributed by atoms with Crippen LogP contribution in [0, 0.1) is 24.6 Å². The quantitative estimate of drug-likeness (QED) is 0.622. The van der Waals surface area contributed by atoms with Crippen LogP contribution in [0.15, 0.2) is 9.59 Å². The average Bonchev–Trinajstić information content (AvgIpc) is 3.45. The van der Waals surface area contributed by atoms with E-state index in [4.69, 9.17) is 5.73 Å². The van der Waals surface area contributed by atoms with Crippen molar-refractivity contribution in [1.82, 2.24) is 9.55 Å². The van der Waals surface area contributed by atoms with Crippen molar-refractivity contribution in [3.05, 3.63) is 37.8 Å². The molecule has 1 aromatic carbocycles. The summed E-state index contributed by atoms with van der Waals surface area (Å²) in [5.41, 5.74) is 3.29. The Kier molecular flexibility index (Phi) is 6.04. The lowest BCUT2D eigenvalue weighted by molar-refractivity contribution is 0.148. The normalized spacial score (nSPS) is 20.2. The molecule has 2 fully saturated rings. The van der Waals surface area contributed by atoms with E-state index in [0.29, 0.717) is 19.3 Å². The standard InChI is InChI=1S/C21H25F5N4O2/c1-9-17-14(20(31)28-21(32)30(17)12-2-3-12)13(19(25)26)15(24)18(9)29-5-4-10(8-29)16(27)11(6-22)7-23/h10-12,16,19H,2-8,27H2,1H3,(H,28,31,32). The summed E-state index contributed by atoms with van der Waals surface area (Å²) < 4.78 is 70.9. The number of halogens is 5. The maximum atomic E-state index is 15.5. The number of aryl methyl sites for hydroxylation is 1. The first-order valence-electron chi connectivity index (χ1n) is 10.6. The Morgan fingerprint density at radius 3 is 2.38 bits per heavy atom. The number of aromatic amines is 1. The fourth-order valence-corrected chi connectivity index (χ4v) is 4.88. The van der Waals surface area contributed by atoms with Gasteiger partial charge in [0.25, 0.3) is 12.0 Å². The van der Waals surface area contributed by atoms with Gasteiger partial charge >= 0.3 is 5.69 Å². The van der Waals surface area contributed by atoms with Crippen molar-refractivity contribution in [2.45, 2.75) is 44.7 Å². The van der Waals surface area contributed by atoms with Gasteiger partial charge in [0.1, 0.15) is 0 Å². The lowest BCUT2D eigenvalue weighted by Crippen LogP contribution is -2.41. The summed E-state index contributed by atoms with van der Waals surface area (Å²) in [4.78, 5) is 28.5. The molecule has 1 aliphatic carbocycles. The molecule has 2 unspecified atom stereocenters. The van der Waals surface area contributed by atoms with Gasteiger partial charge in [0.05, 0.1) is 35.5 Å². The molecule has 0 bridgehead atoms. The fraction of sp³-hybridized carbons (Fsp3) is 0.619. The first-order valence-corrected chi connectivity index (χ1v) is 10.6. The molecule has 1 saturated carbocycles. The van der Waals surface area contributed by atoms with Crippen LogP contribution >= 0.6 is 0 Å². The largest absolute Gasteiger partial charge is 0.369 e. The molecule has 1 aliphatic heterocycles. The summed E-state index contributed by atoms with van der Waals surface area (Å²) in [6, 6.07) is -1.06. The Balaban J connectivity index is 1.89. The summed E-state index contributed by atoms with van der Waals surface area (Å²) in [5.74, 6) is -2.57. The number of fused-ring (bicyclic) bond motifs is 1. The third-order valence-corrected chi connectivity index (χ3v) is 6.72. The molecule has 32 heavy (non-hydrogen) atoms. The van der Waals surface area contributed by atoms with E-state index in [1.54, 1.807) is 0 Å². The average molecular weight is 460 g/mol. The summed E-state index contributed by atoms with van der Waals surface area (Å²) in [5, 5.41) is -0.521. The Hall–Kier alpha value is -2.43. The number of alkyl halides is 4. The van der Waals surface area contributed by atoms with Crippen molar-refractivity contribution in [2.24, 2.45) is 17.6 Å². The molecule has 0 spiro atoms. The Morgan fingerprint density at radius 2 is 1.81 bits per heavy atom. The number of hydrogen-bond donors (Lipinski definition) is 2. The van der Waals surface area contributed by atoms with Crippen LogP contribution in [-0.2, 0) is 0 Å². The number of nitrogens with two attached hydrogens (primary N) is 1. The summed E-state index contributed by atoms with van der Waals surface area (Å²) >= 11 is 0. The predicted molar refractivity (Wildman–Crippen MR) is 110 cm³/mol. The molecule has 2 heterocycles. The molecule has 11 heteroatoms. The van der Waals surface area contributed by atoms with Crippen molar-refractivity contribution in [2.75, 3.05) is 31.3 Å². The smallest absolute Gasteiger partial charge is 0.329 e. The van der Waals surface area contributed by atoms with Crippen LogP contribution in [0.2, 0.25) is 0 Å². The number of aromatic nitrogens is 2. The molecule has 2 aromatic rings. The van der Waals surface area contributed by atoms with Gasteiger partial charge in [-0.1, -0.05) is 0 Å². The molecule has 176 valence electrons. The predicted octanol–water partition coefficient (Wildman–Crippen LogP) is 3.12. The molecule has 3 N–H and O–H groups in total. The van der Waals surface area contributed by atoms with E-state index < -0.39 is 59.8 Å². The molecule has 6 nitrogen and oxygen atoms in total. The van der Waals surface area contributed by atoms with Crippen molar-refractivity contribution in [3.8, 4) is 0 Å². The Bertz CT molecular complexity index is 1140. The maximum absolute atomic E-state index is 15.5. The van der Waals surface area contributed by atoms with Crippen LogP contribution in [0.4, 0.5) is 27.6 Å². The van der Waals surface area contributed by atoms with Crippen LogP contribution in [0.3, 0.4) is 0 Å². The van der Waals surface area contributed by atoms with Gasteiger partial charge in [-0.15, -0.1) is 0 Å². The zero-order valence-corrected chi connectivity index (χ0v) is 17.5. The van der Waals surface area contributed by atoms with E-state index in [1.807, 2.05) is 4.98 Å². The second-order valence-electron chi connectivity index (χ2n) is 8.73. The number of rotatable bonds is 7. The molecule has 0 amide bonds. The maximum Gasteiger partial charge on any atom is 0.329 e. The Labute approximate surface area is 180 Å². The third kappa shape index (κ3) is 3.60. The van der Waals surface area contributed by atoms with Crippen molar-refractivity contribution >= 4 is 16.6 Å². The highest BCUT2D eigenvalue weighted by Gasteiger charge is 2.37. The van der Waals surface area contributed by atoms with Gasteiger partial charge in [0.15, 0.2) is 5.82 Å². The third-order valence-electron chi connectivity index (χ3n) is 6.72. The number of H-pyrrole nitrogens is 1. The molecule has 0 radical (unpaired) electrons. The topological polar surface area (TPSA) is 84.1 Å². The molecule has 2 atom stereocenters. The van der Waals surface area contributed by atoms with Gasteiger partial charge in [-0.05, 0) is 32.1 Å². The molecule has 1 saturated heterocycles. The minimum Gasteiger partial charge on any atom is -0.369 e. The number of hydrogen-bond acceptors (Lipinski definition) is 4. The molecule has 1 aromatic heterocycles. The highest BCUT2D eigenvalue weighted by atomic mass is 19.3. The highest BCUT2D eigenvalue weighted by molar-refractivity contribution is 5.90. The summed E-state index contributed by atoms with van der Waals surface area (Å²) in [6.07, 6.45) is -1.59. The number of benzene rings is 1. The van der Waals surface area contributed by atoms with Gasteiger partial charge in [-0.25, -0.2) is 18.0 Å². The van der Waals surface area contributed by atoms with Crippen LogP contribution < -0.4 is 21.9 Å². The van der Waals surface area contributed by atoms with Gasteiger partial charge in [0, 0.05) is 36.7 Å². The molecular formula is C21H25F5N4O2. The van der Waals surface area contributed by atoms with E-state index in [2.05, 4.69) is 0 Å². The zero-order valence-electron chi connectivity index (χ0n) is 17.5. The molecule has 4 rings (SSSR count). The van der Waals surface area contributed by atoms with Crippen LogP contribution in [0.1, 0.15) is 42.9 Å². The lowest BCUT2D eigenvalue weighted by Gasteiger charge is -2.28. The number of nitrogens with one attached hydrogen (secondary N) is 1. The lowest BCUT2D eigenvalue weighted by atomic mass is 9.90. The first kappa shape index (κ1) is 22.8. The molecule has 2 aliphatic rings. The van der Waals surface area contributed by atoms with Crippen LogP contribution in [0.5, 0.6) is 0 Å². The Morgan fingerprint density at radius 1 is 1.16 bits per heavy atom. The number of anilines is 1. The second-order valence-corrected chi connectivity index (χ2v) is 8.73. The van der Waals surface area contributed by atoms with Crippen molar-refractivity contribution in [3.63, 3.8) is 0 Å². The van der Waals surface area contributed by atoms with Crippen LogP contribution in [0.25, 0.3) is 10.9 Å². The first-order chi connectivity index (χ1) is 15.2. The van der Waals surface area contributed by atoms with Gasteiger partial charge in [-0.2, -0.15) is 0 Å². The monoisotopic (exact) mass is 460 g/mol. The van der Waals surface area contributed by atoms with Gasteiger partial charge in [0.2, 0.25) is 0 Å². The fourth-order valence-electron chi connectivity index (χ4n) is 4.88. The van der Waals surface area contributed by atoms with E-state index in [0.717, 1.165) is 0 Å². The van der Waals surface area contributed by atoms with E-state index in [9.17, 15) is 27.2 Å². The highest BCUT2D eigenvalue weighted by Crippen LogP contribution is 2.43. The van der Waals surface area contributed by atoms with E-state index >= 15 is 4.39 Å². The minimum atomic E-state index is -3.29. The minimum absolute atomic E-state index is 0.00564. The SMILES string of the molecule is Cc1c(N2CCC(C(N)C(CF)CF)C2)c(F)c(C(F)F)c2c(=O)[nH]c(=O)n(C3CC3)c12. The number of nitrogens with zero attached hydrogens (tertiary/aromatic N) is 2. The second kappa shape index (κ2) is 8.49. The van der Waals surface area contributed by atoms with Crippen molar-refractivity contribution in [1.29, 1.82) is 0 Å². The van der Waals surface area contributed by atoms with Gasteiger partial charge < -0.3 is 10.6 Å². The van der Waals surface area contributed by atoms with Gasteiger partial charge in [-0.3, -0.25) is 23.1 Å². The van der Waals surface area contributed by atoms with Crippen LogP contribution in [-0.4, -0.2) is 42.0 Å². The summed E-state index contributed by atoms with van der Waals surface area (Å²) in [6.45, 7) is 0.00681. The zero-order chi connectivity index (χ0) is 23.3. The van der Waals surface area contributed by atoms with E-state index in [1.165, 1.54) is 16.4 Å².